The van der Waals surface area contributed by atoms with Gasteiger partial charge >= 0.3 is 6.18 Å². The van der Waals surface area contributed by atoms with Crippen LogP contribution in [0.2, 0.25) is 0 Å². The Labute approximate surface area is 196 Å². The second kappa shape index (κ2) is 10.2. The number of nitrogens with one attached hydrogen (secondary N) is 1. The van der Waals surface area contributed by atoms with E-state index in [4.69, 9.17) is 19.2 Å². The molecule has 1 aliphatic carbocycles. The molecule has 34 heavy (non-hydrogen) atoms. The number of aliphatic hydroxyl groups is 1. The van der Waals surface area contributed by atoms with Crippen LogP contribution in [0.1, 0.15) is 56.9 Å². The van der Waals surface area contributed by atoms with Gasteiger partial charge in [0.05, 0.1) is 30.7 Å². The van der Waals surface area contributed by atoms with E-state index in [9.17, 15) is 18.3 Å². The number of fused-ring (bicyclic) bond motifs is 1. The Bertz CT molecular complexity index is 977. The molecule has 2 aromatic heterocycles. The van der Waals surface area contributed by atoms with Gasteiger partial charge in [-0.05, 0) is 38.5 Å². The van der Waals surface area contributed by atoms with E-state index in [1.165, 1.54) is 0 Å². The van der Waals surface area contributed by atoms with Crippen molar-refractivity contribution in [1.82, 2.24) is 15.0 Å². The zero-order valence-electron chi connectivity index (χ0n) is 19.4. The summed E-state index contributed by atoms with van der Waals surface area (Å²) < 4.78 is 56.6. The minimum atomic E-state index is -4.64. The van der Waals surface area contributed by atoms with E-state index in [0.29, 0.717) is 42.6 Å². The third-order valence-corrected chi connectivity index (χ3v) is 6.63. The number of alkyl halides is 3. The highest BCUT2D eigenvalue weighted by atomic mass is 19.4. The standard InChI is InChI=1S/C23H31F3N4O4/c1-14(13-32-2)29-21-28-12-18-19(30-21)17(11-27-20(18)34-16-5-9-33-10-6-16)15-3-7-22(31,8-4-15)23(24,25)26/h11-12,14-16,31H,3-10,13H2,1-2H3,(H,28,29,30)/t14-,15-,22-/m0/s1. The maximum absolute atomic E-state index is 13.3. The van der Waals surface area contributed by atoms with Crippen molar-refractivity contribution in [3.8, 4) is 5.88 Å². The average Bonchev–Trinajstić information content (AvgIpc) is 2.80. The van der Waals surface area contributed by atoms with Crippen LogP contribution in [0.3, 0.4) is 0 Å². The lowest BCUT2D eigenvalue weighted by Crippen LogP contribution is -2.47. The molecule has 8 nitrogen and oxygen atoms in total. The topological polar surface area (TPSA) is 98.6 Å². The quantitative estimate of drug-likeness (QED) is 0.609. The van der Waals surface area contributed by atoms with Gasteiger partial charge in [-0.3, -0.25) is 0 Å². The molecule has 0 radical (unpaired) electrons. The maximum atomic E-state index is 13.3. The van der Waals surface area contributed by atoms with Crippen molar-refractivity contribution in [2.75, 3.05) is 32.2 Å². The second-order valence-corrected chi connectivity index (χ2v) is 9.21. The van der Waals surface area contributed by atoms with E-state index in [1.807, 2.05) is 6.92 Å². The summed E-state index contributed by atoms with van der Waals surface area (Å²) in [5.41, 5.74) is -1.30. The molecule has 0 bridgehead atoms. The molecule has 0 spiro atoms. The largest absolute Gasteiger partial charge is 0.474 e. The summed E-state index contributed by atoms with van der Waals surface area (Å²) >= 11 is 0. The SMILES string of the molecule is COC[C@H](C)Nc1ncc2c(OC3CCOCC3)ncc([C@H]3CC[C@@](O)(C(F)(F)F)CC3)c2n1. The molecule has 1 saturated carbocycles. The van der Waals surface area contributed by atoms with Gasteiger partial charge in [0.25, 0.3) is 0 Å². The van der Waals surface area contributed by atoms with Crippen molar-refractivity contribution in [3.05, 3.63) is 18.0 Å². The van der Waals surface area contributed by atoms with Crippen LogP contribution in [0.25, 0.3) is 10.9 Å². The number of hydrogen-bond acceptors (Lipinski definition) is 8. The smallest absolute Gasteiger partial charge is 0.417 e. The van der Waals surface area contributed by atoms with Crippen molar-refractivity contribution in [2.24, 2.45) is 0 Å². The van der Waals surface area contributed by atoms with Crippen LogP contribution in [-0.2, 0) is 9.47 Å². The molecule has 2 N–H and O–H groups in total. The van der Waals surface area contributed by atoms with Gasteiger partial charge in [-0.25, -0.2) is 15.0 Å². The van der Waals surface area contributed by atoms with Crippen molar-refractivity contribution in [1.29, 1.82) is 0 Å². The molecule has 0 unspecified atom stereocenters. The summed E-state index contributed by atoms with van der Waals surface area (Å²) in [6.07, 6.45) is -0.244. The summed E-state index contributed by atoms with van der Waals surface area (Å²) in [6.45, 7) is 3.63. The Morgan fingerprint density at radius 1 is 1.18 bits per heavy atom. The number of pyridine rings is 1. The number of halogens is 3. The highest BCUT2D eigenvalue weighted by Gasteiger charge is 2.54. The Morgan fingerprint density at radius 3 is 2.53 bits per heavy atom. The Kier molecular flexibility index (Phi) is 7.44. The minimum Gasteiger partial charge on any atom is -0.474 e. The zero-order valence-corrected chi connectivity index (χ0v) is 19.4. The van der Waals surface area contributed by atoms with Gasteiger partial charge in [0.1, 0.15) is 6.10 Å². The molecule has 188 valence electrons. The summed E-state index contributed by atoms with van der Waals surface area (Å²) in [6, 6.07) is -0.0397. The minimum absolute atomic E-state index is 0.0358. The molecule has 11 heteroatoms. The fourth-order valence-electron chi connectivity index (χ4n) is 4.63. The summed E-state index contributed by atoms with van der Waals surface area (Å²) in [5.74, 6) is 0.586. The fourth-order valence-corrected chi connectivity index (χ4v) is 4.63. The third-order valence-electron chi connectivity index (χ3n) is 6.63. The van der Waals surface area contributed by atoms with Crippen LogP contribution in [0, 0.1) is 0 Å². The maximum Gasteiger partial charge on any atom is 0.417 e. The number of aromatic nitrogens is 3. The molecule has 1 atom stereocenters. The third kappa shape index (κ3) is 5.36. The Balaban J connectivity index is 1.65. The van der Waals surface area contributed by atoms with Gasteiger partial charge in [-0.1, -0.05) is 0 Å². The molecular weight excluding hydrogens is 453 g/mol. The fraction of sp³-hybridized carbons (Fsp3) is 0.696. The lowest BCUT2D eigenvalue weighted by atomic mass is 9.75. The summed E-state index contributed by atoms with van der Waals surface area (Å²) in [5, 5.41) is 13.9. The Morgan fingerprint density at radius 2 is 1.88 bits per heavy atom. The first-order chi connectivity index (χ1) is 16.2. The highest BCUT2D eigenvalue weighted by molar-refractivity contribution is 5.86. The zero-order chi connectivity index (χ0) is 24.3. The molecule has 2 aliphatic rings. The number of anilines is 1. The van der Waals surface area contributed by atoms with E-state index in [-0.39, 0.29) is 43.7 Å². The van der Waals surface area contributed by atoms with E-state index in [1.54, 1.807) is 19.5 Å². The first-order valence-electron chi connectivity index (χ1n) is 11.6. The van der Waals surface area contributed by atoms with Gasteiger partial charge in [-0.2, -0.15) is 13.2 Å². The first kappa shape index (κ1) is 24.9. The molecule has 2 aromatic rings. The summed E-state index contributed by atoms with van der Waals surface area (Å²) in [7, 11) is 1.61. The van der Waals surface area contributed by atoms with Crippen LogP contribution >= 0.6 is 0 Å². The number of nitrogens with zero attached hydrogens (tertiary/aromatic N) is 3. The molecule has 2 fully saturated rings. The average molecular weight is 485 g/mol. The number of rotatable bonds is 7. The van der Waals surface area contributed by atoms with Crippen LogP contribution in [0.4, 0.5) is 19.1 Å². The molecule has 1 aliphatic heterocycles. The van der Waals surface area contributed by atoms with Crippen LogP contribution in [0.5, 0.6) is 5.88 Å². The lowest BCUT2D eigenvalue weighted by molar-refractivity contribution is -0.270. The van der Waals surface area contributed by atoms with Crippen molar-refractivity contribution in [2.45, 2.75) is 75.3 Å². The molecule has 1 saturated heterocycles. The number of methoxy groups -OCH3 is 1. The number of hydrogen-bond donors (Lipinski definition) is 2. The van der Waals surface area contributed by atoms with Crippen LogP contribution in [0.15, 0.2) is 12.4 Å². The molecule has 0 amide bonds. The lowest BCUT2D eigenvalue weighted by Gasteiger charge is -2.37. The van der Waals surface area contributed by atoms with E-state index < -0.39 is 11.8 Å². The number of ether oxygens (including phenoxy) is 3. The first-order valence-corrected chi connectivity index (χ1v) is 11.6. The van der Waals surface area contributed by atoms with E-state index >= 15 is 0 Å². The van der Waals surface area contributed by atoms with Crippen LogP contribution in [-0.4, -0.2) is 70.9 Å². The van der Waals surface area contributed by atoms with Gasteiger partial charge in [0, 0.05) is 44.0 Å². The van der Waals surface area contributed by atoms with Gasteiger partial charge < -0.3 is 24.6 Å². The van der Waals surface area contributed by atoms with E-state index in [2.05, 4.69) is 15.3 Å². The monoisotopic (exact) mass is 484 g/mol. The predicted octanol–water partition coefficient (Wildman–Crippen LogP) is 3.98. The van der Waals surface area contributed by atoms with E-state index in [0.717, 1.165) is 18.4 Å². The molecule has 3 heterocycles. The predicted molar refractivity (Wildman–Crippen MR) is 119 cm³/mol. The van der Waals surface area contributed by atoms with Crippen LogP contribution < -0.4 is 10.1 Å². The highest BCUT2D eigenvalue weighted by Crippen LogP contribution is 2.47. The Hall–Kier alpha value is -2.24. The molecular formula is C23H31F3N4O4. The van der Waals surface area contributed by atoms with Gasteiger partial charge in [-0.15, -0.1) is 0 Å². The normalized spacial score (nSPS) is 25.3. The van der Waals surface area contributed by atoms with Crippen molar-refractivity contribution in [3.63, 3.8) is 0 Å². The van der Waals surface area contributed by atoms with Gasteiger partial charge in [0.2, 0.25) is 11.8 Å². The molecule has 4 rings (SSSR count). The van der Waals surface area contributed by atoms with Crippen molar-refractivity contribution < 1.29 is 32.5 Å². The molecule has 0 aromatic carbocycles. The summed E-state index contributed by atoms with van der Waals surface area (Å²) in [4.78, 5) is 13.6. The second-order valence-electron chi connectivity index (χ2n) is 9.21. The van der Waals surface area contributed by atoms with Gasteiger partial charge in [0.15, 0.2) is 5.60 Å². The van der Waals surface area contributed by atoms with Crippen molar-refractivity contribution >= 4 is 16.9 Å².